The third-order valence-electron chi connectivity index (χ3n) is 2.56. The molecule has 0 atom stereocenters. The molecule has 1 rings (SSSR count). The molecule has 0 amide bonds. The summed E-state index contributed by atoms with van der Waals surface area (Å²) in [5.41, 5.74) is 11.0. The summed E-state index contributed by atoms with van der Waals surface area (Å²) in [6.45, 7) is 5.14. The highest BCUT2D eigenvalue weighted by Crippen LogP contribution is 2.15. The first kappa shape index (κ1) is 14.5. The second-order valence-electron chi connectivity index (χ2n) is 4.40. The van der Waals surface area contributed by atoms with E-state index in [1.54, 1.807) is 0 Å². The molecule has 3 N–H and O–H groups in total. The molecule has 1 aliphatic rings. The van der Waals surface area contributed by atoms with Crippen molar-refractivity contribution in [1.82, 2.24) is 5.32 Å². The maximum Gasteiger partial charge on any atom is 0.163 e. The first-order valence-electron chi connectivity index (χ1n) is 6.14. The van der Waals surface area contributed by atoms with Crippen LogP contribution in [0.25, 0.3) is 0 Å². The number of hydrogen-bond donors (Lipinski definition) is 2. The average Bonchev–Trinajstić information content (AvgIpc) is 2.53. The fraction of sp³-hybridized carbons (Fsp3) is 0.333. The van der Waals surface area contributed by atoms with E-state index in [2.05, 4.69) is 55.3 Å². The number of nitrogens with one attached hydrogen (secondary N) is 1. The van der Waals surface area contributed by atoms with E-state index in [1.165, 1.54) is 5.57 Å². The van der Waals surface area contributed by atoms with Gasteiger partial charge >= 0.3 is 0 Å². The second kappa shape index (κ2) is 7.70. The molecule has 0 saturated carbocycles. The molecular formula is C15H20N2S. The molecule has 0 spiro atoms. The Hall–Kier alpha value is -1.57. The minimum absolute atomic E-state index is 0.350. The van der Waals surface area contributed by atoms with Crippen LogP contribution in [0, 0.1) is 5.92 Å². The van der Waals surface area contributed by atoms with Crippen molar-refractivity contribution in [1.29, 1.82) is 0 Å². The maximum absolute atomic E-state index is 5.34. The molecule has 0 aromatic heterocycles. The van der Waals surface area contributed by atoms with E-state index >= 15 is 0 Å². The van der Waals surface area contributed by atoms with Gasteiger partial charge in [0.1, 0.15) is 0 Å². The van der Waals surface area contributed by atoms with Gasteiger partial charge in [-0.1, -0.05) is 38.2 Å². The molecule has 0 aromatic carbocycles. The lowest BCUT2D eigenvalue weighted by Crippen LogP contribution is -2.29. The van der Waals surface area contributed by atoms with Crippen molar-refractivity contribution < 1.29 is 0 Å². The van der Waals surface area contributed by atoms with Crippen LogP contribution in [0.1, 0.15) is 20.3 Å². The van der Waals surface area contributed by atoms with Crippen molar-refractivity contribution in [3.05, 3.63) is 53.3 Å². The van der Waals surface area contributed by atoms with Gasteiger partial charge in [0, 0.05) is 12.1 Å². The van der Waals surface area contributed by atoms with Crippen LogP contribution in [-0.2, 0) is 0 Å². The van der Waals surface area contributed by atoms with Gasteiger partial charge in [0.15, 0.2) is 5.11 Å². The van der Waals surface area contributed by atoms with Crippen LogP contribution in [0.4, 0.5) is 0 Å². The monoisotopic (exact) mass is 260 g/mol. The van der Waals surface area contributed by atoms with Crippen LogP contribution in [0.3, 0.4) is 0 Å². The highest BCUT2D eigenvalue weighted by Gasteiger charge is 1.99. The summed E-state index contributed by atoms with van der Waals surface area (Å²) in [7, 11) is 0. The number of allylic oxidation sites excluding steroid dienone is 6. The summed E-state index contributed by atoms with van der Waals surface area (Å²) >= 11 is 4.73. The molecule has 0 heterocycles. The van der Waals surface area contributed by atoms with E-state index in [1.807, 2.05) is 6.08 Å². The van der Waals surface area contributed by atoms with Crippen LogP contribution in [-0.4, -0.2) is 11.7 Å². The fourth-order valence-electron chi connectivity index (χ4n) is 1.50. The third-order valence-corrected chi connectivity index (χ3v) is 2.70. The predicted molar refractivity (Wildman–Crippen MR) is 82.2 cm³/mol. The quantitative estimate of drug-likeness (QED) is 0.453. The first-order valence-corrected chi connectivity index (χ1v) is 6.55. The highest BCUT2D eigenvalue weighted by molar-refractivity contribution is 7.80. The minimum atomic E-state index is 0.350. The van der Waals surface area contributed by atoms with Crippen LogP contribution in [0.2, 0.25) is 0 Å². The Kier molecular flexibility index (Phi) is 6.20. The SMILES string of the molecule is CC(C)C1=CC=C=C(/C=C\CCNC(N)=S)C=C1. The zero-order valence-corrected chi connectivity index (χ0v) is 11.8. The van der Waals surface area contributed by atoms with Gasteiger partial charge in [0.25, 0.3) is 0 Å². The lowest BCUT2D eigenvalue weighted by Gasteiger charge is -2.03. The molecule has 2 nitrogen and oxygen atoms in total. The lowest BCUT2D eigenvalue weighted by molar-refractivity contribution is 0.792. The van der Waals surface area contributed by atoms with Crippen molar-refractivity contribution in [2.24, 2.45) is 11.7 Å². The van der Waals surface area contributed by atoms with E-state index < -0.39 is 0 Å². The maximum atomic E-state index is 5.34. The molecule has 96 valence electrons. The number of hydrogen-bond acceptors (Lipinski definition) is 1. The Morgan fingerprint density at radius 1 is 1.50 bits per heavy atom. The summed E-state index contributed by atoms with van der Waals surface area (Å²) in [4.78, 5) is 0. The smallest absolute Gasteiger partial charge is 0.163 e. The summed E-state index contributed by atoms with van der Waals surface area (Å²) < 4.78 is 0. The molecule has 0 radical (unpaired) electrons. The summed E-state index contributed by atoms with van der Waals surface area (Å²) in [5.74, 6) is 0.539. The molecule has 0 bridgehead atoms. The predicted octanol–water partition coefficient (Wildman–Crippen LogP) is 3.00. The molecule has 0 aromatic rings. The number of rotatable bonds is 5. The van der Waals surface area contributed by atoms with Gasteiger partial charge in [-0.3, -0.25) is 0 Å². The Bertz CT molecular complexity index is 447. The van der Waals surface area contributed by atoms with Crippen molar-refractivity contribution in [2.75, 3.05) is 6.54 Å². The Morgan fingerprint density at radius 3 is 2.94 bits per heavy atom. The van der Waals surface area contributed by atoms with E-state index in [-0.39, 0.29) is 0 Å². The molecule has 0 fully saturated rings. The zero-order chi connectivity index (χ0) is 13.4. The largest absolute Gasteiger partial charge is 0.376 e. The first-order chi connectivity index (χ1) is 8.59. The highest BCUT2D eigenvalue weighted by atomic mass is 32.1. The third kappa shape index (κ3) is 5.67. The van der Waals surface area contributed by atoms with Crippen LogP contribution in [0.5, 0.6) is 0 Å². The molecule has 0 saturated heterocycles. The Balaban J connectivity index is 2.46. The molecule has 0 unspecified atom stereocenters. The zero-order valence-electron chi connectivity index (χ0n) is 10.9. The van der Waals surface area contributed by atoms with E-state index in [0.717, 1.165) is 18.5 Å². The molecule has 1 aliphatic carbocycles. The fourth-order valence-corrected chi connectivity index (χ4v) is 1.60. The van der Waals surface area contributed by atoms with Gasteiger partial charge in [0.2, 0.25) is 0 Å². The molecule has 3 heteroatoms. The molecule has 0 aliphatic heterocycles. The average molecular weight is 260 g/mol. The lowest BCUT2D eigenvalue weighted by atomic mass is 10.0. The number of thiocarbonyl (C=S) groups is 1. The van der Waals surface area contributed by atoms with Gasteiger partial charge in [-0.2, -0.15) is 0 Å². The Morgan fingerprint density at radius 2 is 2.28 bits per heavy atom. The second-order valence-corrected chi connectivity index (χ2v) is 4.84. The minimum Gasteiger partial charge on any atom is -0.376 e. The van der Waals surface area contributed by atoms with Gasteiger partial charge < -0.3 is 11.1 Å². The topological polar surface area (TPSA) is 38.0 Å². The van der Waals surface area contributed by atoms with Crippen LogP contribution >= 0.6 is 12.2 Å². The number of nitrogens with two attached hydrogens (primary N) is 1. The van der Waals surface area contributed by atoms with Crippen molar-refractivity contribution in [2.45, 2.75) is 20.3 Å². The van der Waals surface area contributed by atoms with E-state index in [4.69, 9.17) is 18.0 Å². The van der Waals surface area contributed by atoms with Crippen molar-refractivity contribution in [3.8, 4) is 0 Å². The van der Waals surface area contributed by atoms with Crippen LogP contribution < -0.4 is 11.1 Å². The van der Waals surface area contributed by atoms with Gasteiger partial charge in [-0.25, -0.2) is 0 Å². The van der Waals surface area contributed by atoms with Gasteiger partial charge in [-0.15, -0.1) is 5.73 Å². The summed E-state index contributed by atoms with van der Waals surface area (Å²) in [6, 6.07) is 0. The van der Waals surface area contributed by atoms with Crippen molar-refractivity contribution in [3.63, 3.8) is 0 Å². The van der Waals surface area contributed by atoms with Gasteiger partial charge in [-0.05, 0) is 42.3 Å². The molecular weight excluding hydrogens is 240 g/mol. The normalized spacial score (nSPS) is 14.6. The van der Waals surface area contributed by atoms with E-state index in [0.29, 0.717) is 11.0 Å². The summed E-state index contributed by atoms with van der Waals surface area (Å²) in [6.07, 6.45) is 13.4. The van der Waals surface area contributed by atoms with Crippen molar-refractivity contribution >= 4 is 17.3 Å². The van der Waals surface area contributed by atoms with Crippen LogP contribution in [0.15, 0.2) is 53.3 Å². The standard InChI is InChI=1S/C15H20N2S/c1-12(2)14-8-5-7-13(9-10-14)6-3-4-11-17-15(16)18/h3,5-6,8-10,12H,4,11H2,1-2H3,(H3,16,17,18)/b6-3-. The molecule has 18 heavy (non-hydrogen) atoms. The Labute approximate surface area is 115 Å². The van der Waals surface area contributed by atoms with E-state index in [9.17, 15) is 0 Å². The summed E-state index contributed by atoms with van der Waals surface area (Å²) in [5, 5.41) is 3.26. The van der Waals surface area contributed by atoms with Gasteiger partial charge in [0.05, 0.1) is 0 Å².